The lowest BCUT2D eigenvalue weighted by molar-refractivity contribution is 0.153. The summed E-state index contributed by atoms with van der Waals surface area (Å²) in [5.74, 6) is 0.969. The summed E-state index contributed by atoms with van der Waals surface area (Å²) in [6, 6.07) is 15.5. The summed E-state index contributed by atoms with van der Waals surface area (Å²) in [5, 5.41) is 1.22. The van der Waals surface area contributed by atoms with Gasteiger partial charge in [-0.15, -0.1) is 0 Å². The number of nitrogens with two attached hydrogens (primary N) is 1. The van der Waals surface area contributed by atoms with Gasteiger partial charge in [-0.1, -0.05) is 51.3 Å². The van der Waals surface area contributed by atoms with Crippen LogP contribution in [-0.4, -0.2) is 17.6 Å². The van der Waals surface area contributed by atoms with E-state index >= 15 is 0 Å². The topological polar surface area (TPSA) is 51.0 Å². The Morgan fingerprint density at radius 3 is 2.53 bits per heavy atom. The van der Waals surface area contributed by atoms with Crippen LogP contribution in [0.25, 0.3) is 10.9 Å². The molecule has 1 aliphatic carbocycles. The maximum atomic E-state index is 14.3. The first-order valence-corrected chi connectivity index (χ1v) is 12.1. The highest BCUT2D eigenvalue weighted by atomic mass is 19.1. The van der Waals surface area contributed by atoms with Crippen LogP contribution in [0.4, 0.5) is 4.39 Å². The molecule has 0 aliphatic heterocycles. The first kappa shape index (κ1) is 22.8. The van der Waals surface area contributed by atoms with Crippen LogP contribution in [-0.2, 0) is 11.8 Å². The highest BCUT2D eigenvalue weighted by Gasteiger charge is 2.43. The summed E-state index contributed by atoms with van der Waals surface area (Å²) in [6.07, 6.45) is 8.54. The molecule has 0 saturated heterocycles. The number of nitrogens with one attached hydrogen (secondary N) is 1. The largest absolute Gasteiger partial charge is 0.496 e. The number of hydrogen-bond acceptors (Lipinski definition) is 2. The Morgan fingerprint density at radius 2 is 1.84 bits per heavy atom. The minimum absolute atomic E-state index is 0.226. The molecule has 2 atom stereocenters. The van der Waals surface area contributed by atoms with Crippen LogP contribution in [0.15, 0.2) is 48.5 Å². The van der Waals surface area contributed by atoms with E-state index < -0.39 is 0 Å². The molecule has 32 heavy (non-hydrogen) atoms. The molecule has 1 saturated carbocycles. The summed E-state index contributed by atoms with van der Waals surface area (Å²) in [7, 11) is 1.66. The van der Waals surface area contributed by atoms with E-state index in [1.165, 1.54) is 36.4 Å². The molecular weight excluding hydrogens is 399 g/mol. The fraction of sp³-hybridized carbons (Fsp3) is 0.500. The average Bonchev–Trinajstić information content (AvgIpc) is 3.21. The Bertz CT molecular complexity index is 1020. The van der Waals surface area contributed by atoms with Crippen molar-refractivity contribution in [1.82, 2.24) is 4.98 Å². The van der Waals surface area contributed by atoms with Gasteiger partial charge in [0.2, 0.25) is 0 Å². The van der Waals surface area contributed by atoms with Crippen LogP contribution in [0.3, 0.4) is 0 Å². The zero-order valence-electron chi connectivity index (χ0n) is 19.7. The second-order valence-corrected chi connectivity index (χ2v) is 10.1. The van der Waals surface area contributed by atoms with Gasteiger partial charge in [0.1, 0.15) is 11.6 Å². The van der Waals surface area contributed by atoms with E-state index in [0.29, 0.717) is 5.92 Å². The lowest BCUT2D eigenvalue weighted by Gasteiger charge is -2.46. The Kier molecular flexibility index (Phi) is 6.62. The maximum Gasteiger partial charge on any atom is 0.123 e. The Morgan fingerprint density at radius 1 is 1.09 bits per heavy atom. The molecule has 2 unspecified atom stereocenters. The molecule has 3 N–H and O–H groups in total. The van der Waals surface area contributed by atoms with E-state index in [1.807, 2.05) is 0 Å². The number of aromatic nitrogens is 1. The molecule has 4 rings (SSSR count). The average molecular weight is 437 g/mol. The first-order valence-electron chi connectivity index (χ1n) is 12.1. The predicted octanol–water partition coefficient (Wildman–Crippen LogP) is 6.89. The van der Waals surface area contributed by atoms with Crippen molar-refractivity contribution in [3.8, 4) is 5.75 Å². The van der Waals surface area contributed by atoms with Gasteiger partial charge in [0.25, 0.3) is 0 Å². The number of H-pyrrole nitrogens is 1. The van der Waals surface area contributed by atoms with Gasteiger partial charge in [0, 0.05) is 28.7 Å². The van der Waals surface area contributed by atoms with E-state index in [4.69, 9.17) is 10.5 Å². The van der Waals surface area contributed by atoms with Crippen molar-refractivity contribution in [3.05, 3.63) is 65.6 Å². The number of fused-ring (bicyclic) bond motifs is 1. The third-order valence-corrected chi connectivity index (χ3v) is 7.83. The van der Waals surface area contributed by atoms with Crippen molar-refractivity contribution < 1.29 is 9.13 Å². The lowest BCUT2D eigenvalue weighted by Crippen LogP contribution is -2.53. The highest BCUT2D eigenvalue weighted by molar-refractivity contribution is 5.80. The van der Waals surface area contributed by atoms with Gasteiger partial charge in [-0.05, 0) is 72.7 Å². The number of methoxy groups -OCH3 is 1. The molecule has 2 aromatic carbocycles. The minimum Gasteiger partial charge on any atom is -0.496 e. The van der Waals surface area contributed by atoms with Crippen molar-refractivity contribution in [2.24, 2.45) is 11.7 Å². The summed E-state index contributed by atoms with van der Waals surface area (Å²) in [6.45, 7) is 4.40. The molecule has 0 bridgehead atoms. The molecule has 1 aliphatic rings. The third-order valence-electron chi connectivity index (χ3n) is 7.83. The molecule has 1 aromatic heterocycles. The second-order valence-electron chi connectivity index (χ2n) is 10.1. The predicted molar refractivity (Wildman–Crippen MR) is 131 cm³/mol. The first-order chi connectivity index (χ1) is 15.4. The van der Waals surface area contributed by atoms with E-state index in [0.717, 1.165) is 48.9 Å². The molecule has 3 aromatic rings. The Labute approximate surface area is 191 Å². The van der Waals surface area contributed by atoms with Crippen molar-refractivity contribution >= 4 is 10.9 Å². The summed E-state index contributed by atoms with van der Waals surface area (Å²) in [5.41, 5.74) is 9.99. The molecule has 0 amide bonds. The number of aromatic amines is 1. The summed E-state index contributed by atoms with van der Waals surface area (Å²) < 4.78 is 20.0. The smallest absolute Gasteiger partial charge is 0.123 e. The zero-order chi connectivity index (χ0) is 22.8. The van der Waals surface area contributed by atoms with Gasteiger partial charge in [0.15, 0.2) is 0 Å². The number of benzene rings is 2. The van der Waals surface area contributed by atoms with Gasteiger partial charge in [-0.2, -0.15) is 0 Å². The molecule has 0 radical (unpaired) electrons. The van der Waals surface area contributed by atoms with Crippen LogP contribution >= 0.6 is 0 Å². The quantitative estimate of drug-likeness (QED) is 0.404. The van der Waals surface area contributed by atoms with Crippen LogP contribution in [0, 0.1) is 11.7 Å². The molecule has 1 heterocycles. The monoisotopic (exact) mass is 436 g/mol. The fourth-order valence-electron chi connectivity index (χ4n) is 5.90. The second kappa shape index (κ2) is 9.27. The Hall–Kier alpha value is -2.33. The van der Waals surface area contributed by atoms with Crippen LogP contribution in [0.1, 0.15) is 70.1 Å². The van der Waals surface area contributed by atoms with Crippen LogP contribution in [0.2, 0.25) is 0 Å². The van der Waals surface area contributed by atoms with Gasteiger partial charge in [0.05, 0.1) is 7.11 Å². The van der Waals surface area contributed by atoms with Gasteiger partial charge < -0.3 is 15.5 Å². The van der Waals surface area contributed by atoms with Gasteiger partial charge in [-0.3, -0.25) is 0 Å². The molecule has 4 heteroatoms. The lowest BCUT2D eigenvalue weighted by atomic mass is 9.63. The summed E-state index contributed by atoms with van der Waals surface area (Å²) >= 11 is 0. The number of hydrogen-bond donors (Lipinski definition) is 2. The number of ether oxygens (including phenoxy) is 1. The maximum absolute atomic E-state index is 14.3. The van der Waals surface area contributed by atoms with E-state index in [2.05, 4.69) is 49.2 Å². The van der Waals surface area contributed by atoms with Crippen molar-refractivity contribution in [2.45, 2.75) is 76.2 Å². The van der Waals surface area contributed by atoms with Crippen molar-refractivity contribution in [2.75, 3.05) is 7.11 Å². The van der Waals surface area contributed by atoms with E-state index in [9.17, 15) is 4.39 Å². The SMILES string of the molecule is CCC(C)(CC(N)(Cc1cc2ccccc2[nH]1)C1CCCCC1)c1cc(F)ccc1OC. The zero-order valence-corrected chi connectivity index (χ0v) is 19.7. The van der Waals surface area contributed by atoms with Gasteiger partial charge in [-0.25, -0.2) is 4.39 Å². The molecule has 3 nitrogen and oxygen atoms in total. The molecule has 172 valence electrons. The van der Waals surface area contributed by atoms with E-state index in [-0.39, 0.29) is 16.8 Å². The molecule has 0 spiro atoms. The molecular formula is C28H37FN2O. The normalized spacial score (nSPS) is 18.9. The minimum atomic E-state index is -0.386. The standard InChI is InChI=1S/C28H37FN2O/c1-4-27(2,24-17-22(29)14-15-26(24)32-3)19-28(30,21-11-6-5-7-12-21)18-23-16-20-10-8-9-13-25(20)31-23/h8-10,13-17,21,31H,4-7,11-12,18-19,30H2,1-3H3. The van der Waals surface area contributed by atoms with Gasteiger partial charge >= 0.3 is 0 Å². The fourth-order valence-corrected chi connectivity index (χ4v) is 5.90. The number of para-hydroxylation sites is 1. The highest BCUT2D eigenvalue weighted by Crippen LogP contribution is 2.45. The van der Waals surface area contributed by atoms with Crippen LogP contribution < -0.4 is 10.5 Å². The number of rotatable bonds is 8. The summed E-state index contributed by atoms with van der Waals surface area (Å²) in [4.78, 5) is 3.60. The van der Waals surface area contributed by atoms with E-state index in [1.54, 1.807) is 19.2 Å². The number of halogens is 1. The molecule has 1 fully saturated rings. The van der Waals surface area contributed by atoms with Crippen molar-refractivity contribution in [3.63, 3.8) is 0 Å². The Balaban J connectivity index is 1.72. The van der Waals surface area contributed by atoms with Crippen molar-refractivity contribution in [1.29, 1.82) is 0 Å². The third kappa shape index (κ3) is 4.56. The van der Waals surface area contributed by atoms with Crippen LogP contribution in [0.5, 0.6) is 5.75 Å².